The number of aliphatic hydroxyl groups is 1. The smallest absolute Gasteiger partial charge is 0.236 e. The molecule has 80 valence electrons. The van der Waals surface area contributed by atoms with Gasteiger partial charge in [-0.1, -0.05) is 6.92 Å². The average molecular weight is 288 g/mol. The lowest BCUT2D eigenvalue weighted by Gasteiger charge is -1.99. The van der Waals surface area contributed by atoms with Crippen molar-refractivity contribution in [2.45, 2.75) is 12.8 Å². The lowest BCUT2D eigenvalue weighted by molar-refractivity contribution is 0.271. The van der Waals surface area contributed by atoms with Gasteiger partial charge in [0.05, 0.1) is 21.0 Å². The van der Waals surface area contributed by atoms with E-state index in [1.807, 2.05) is 19.1 Å². The van der Waals surface area contributed by atoms with Gasteiger partial charge in [-0.3, -0.25) is 0 Å². The van der Waals surface area contributed by atoms with Crippen LogP contribution in [0.2, 0.25) is 0 Å². The summed E-state index contributed by atoms with van der Waals surface area (Å²) in [5.41, 5.74) is 0.789. The summed E-state index contributed by atoms with van der Waals surface area (Å²) in [5, 5.41) is 8.99. The van der Waals surface area contributed by atoms with E-state index in [0.29, 0.717) is 5.89 Å². The summed E-state index contributed by atoms with van der Waals surface area (Å²) in [6.07, 6.45) is 1.60. The van der Waals surface area contributed by atoms with Crippen LogP contribution in [-0.4, -0.2) is 16.7 Å². The van der Waals surface area contributed by atoms with Crippen LogP contribution < -0.4 is 0 Å². The molecule has 15 heavy (non-hydrogen) atoms. The van der Waals surface area contributed by atoms with Gasteiger partial charge in [0.2, 0.25) is 5.89 Å². The van der Waals surface area contributed by atoms with Gasteiger partial charge in [-0.25, -0.2) is 4.98 Å². The minimum Gasteiger partial charge on any atom is -0.444 e. The van der Waals surface area contributed by atoms with Crippen LogP contribution in [0.25, 0.3) is 10.8 Å². The highest BCUT2D eigenvalue weighted by atomic mass is 79.9. The minimum atomic E-state index is 0.0194. The molecule has 0 saturated carbocycles. The van der Waals surface area contributed by atoms with E-state index in [1.165, 1.54) is 0 Å². The third-order valence-corrected chi connectivity index (χ3v) is 3.70. The Labute approximate surface area is 99.9 Å². The predicted octanol–water partition coefficient (Wildman–Crippen LogP) is 3.26. The van der Waals surface area contributed by atoms with Crippen LogP contribution in [0, 0.1) is 0 Å². The maximum atomic E-state index is 8.99. The van der Waals surface area contributed by atoms with E-state index in [1.54, 1.807) is 17.6 Å². The summed E-state index contributed by atoms with van der Waals surface area (Å²) in [5.74, 6) is 0.631. The summed E-state index contributed by atoms with van der Waals surface area (Å²) in [4.78, 5) is 5.31. The minimum absolute atomic E-state index is 0.0194. The molecule has 0 radical (unpaired) electrons. The van der Waals surface area contributed by atoms with Gasteiger partial charge in [-0.15, -0.1) is 11.3 Å². The SMILES string of the molecule is CC(CO)c1coc(-c2ccc(Br)s2)n1. The van der Waals surface area contributed by atoms with Crippen molar-refractivity contribution in [3.8, 4) is 10.8 Å². The second-order valence-electron chi connectivity index (χ2n) is 3.26. The molecule has 2 aromatic rings. The lowest BCUT2D eigenvalue weighted by Crippen LogP contribution is -1.98. The summed E-state index contributed by atoms with van der Waals surface area (Å²) in [6.45, 7) is 1.99. The molecule has 0 bridgehead atoms. The highest BCUT2D eigenvalue weighted by Crippen LogP contribution is 2.31. The Bertz CT molecular complexity index is 452. The number of thiophene rings is 1. The molecular formula is C10H10BrNO2S. The fraction of sp³-hybridized carbons (Fsp3) is 0.300. The molecule has 0 amide bonds. The molecule has 0 spiro atoms. The first-order chi connectivity index (χ1) is 7.20. The van der Waals surface area contributed by atoms with E-state index < -0.39 is 0 Å². The van der Waals surface area contributed by atoms with E-state index in [0.717, 1.165) is 14.4 Å². The number of hydrogen-bond acceptors (Lipinski definition) is 4. The highest BCUT2D eigenvalue weighted by molar-refractivity contribution is 9.11. The van der Waals surface area contributed by atoms with Gasteiger partial charge in [0.25, 0.3) is 0 Å². The first-order valence-corrected chi connectivity index (χ1v) is 6.13. The number of nitrogens with zero attached hydrogens (tertiary/aromatic N) is 1. The maximum absolute atomic E-state index is 8.99. The highest BCUT2D eigenvalue weighted by Gasteiger charge is 2.12. The molecule has 2 heterocycles. The van der Waals surface area contributed by atoms with Gasteiger partial charge in [-0.05, 0) is 28.1 Å². The molecular weight excluding hydrogens is 278 g/mol. The number of rotatable bonds is 3. The van der Waals surface area contributed by atoms with Crippen LogP contribution in [-0.2, 0) is 0 Å². The largest absolute Gasteiger partial charge is 0.444 e. The molecule has 5 heteroatoms. The van der Waals surface area contributed by atoms with Crippen molar-refractivity contribution in [1.29, 1.82) is 0 Å². The molecule has 1 N–H and O–H groups in total. The Hall–Kier alpha value is -0.650. The van der Waals surface area contributed by atoms with Crippen molar-refractivity contribution >= 4 is 27.3 Å². The number of oxazole rings is 1. The van der Waals surface area contributed by atoms with Crippen LogP contribution in [0.5, 0.6) is 0 Å². The molecule has 2 rings (SSSR count). The van der Waals surface area contributed by atoms with Crippen molar-refractivity contribution in [2.75, 3.05) is 6.61 Å². The fourth-order valence-corrected chi connectivity index (χ4v) is 2.47. The average Bonchev–Trinajstić information content (AvgIpc) is 2.84. The van der Waals surface area contributed by atoms with Gasteiger partial charge in [0.1, 0.15) is 6.26 Å². The van der Waals surface area contributed by atoms with Crippen molar-refractivity contribution in [3.63, 3.8) is 0 Å². The predicted molar refractivity (Wildman–Crippen MR) is 63.0 cm³/mol. The topological polar surface area (TPSA) is 46.3 Å². The second-order valence-corrected chi connectivity index (χ2v) is 5.73. The van der Waals surface area contributed by atoms with E-state index in [4.69, 9.17) is 9.52 Å². The van der Waals surface area contributed by atoms with Gasteiger partial charge in [0, 0.05) is 5.92 Å². The first kappa shape index (κ1) is 10.9. The van der Waals surface area contributed by atoms with Crippen molar-refractivity contribution in [1.82, 2.24) is 4.98 Å². The Morgan fingerprint density at radius 2 is 2.40 bits per heavy atom. The zero-order valence-corrected chi connectivity index (χ0v) is 10.5. The monoisotopic (exact) mass is 287 g/mol. The molecule has 0 aliphatic carbocycles. The van der Waals surface area contributed by atoms with Crippen LogP contribution in [0.3, 0.4) is 0 Å². The van der Waals surface area contributed by atoms with Gasteiger partial charge in [0.15, 0.2) is 0 Å². The molecule has 3 nitrogen and oxygen atoms in total. The molecule has 1 unspecified atom stereocenters. The summed E-state index contributed by atoms with van der Waals surface area (Å²) < 4.78 is 6.40. The van der Waals surface area contributed by atoms with Crippen LogP contribution in [0.15, 0.2) is 26.6 Å². The quantitative estimate of drug-likeness (QED) is 0.943. The Balaban J connectivity index is 2.27. The van der Waals surface area contributed by atoms with Crippen molar-refractivity contribution in [3.05, 3.63) is 27.9 Å². The van der Waals surface area contributed by atoms with Crippen LogP contribution in [0.4, 0.5) is 0 Å². The molecule has 2 aromatic heterocycles. The summed E-state index contributed by atoms with van der Waals surface area (Å²) in [7, 11) is 0. The first-order valence-electron chi connectivity index (χ1n) is 4.52. The van der Waals surface area contributed by atoms with Gasteiger partial charge >= 0.3 is 0 Å². The number of hydrogen-bond donors (Lipinski definition) is 1. The van der Waals surface area contributed by atoms with E-state index in [9.17, 15) is 0 Å². The Kier molecular flexibility index (Phi) is 3.23. The second kappa shape index (κ2) is 4.47. The van der Waals surface area contributed by atoms with Gasteiger partial charge in [-0.2, -0.15) is 0 Å². The van der Waals surface area contributed by atoms with E-state index in [2.05, 4.69) is 20.9 Å². The molecule has 1 atom stereocenters. The van der Waals surface area contributed by atoms with Crippen LogP contribution >= 0.6 is 27.3 Å². The maximum Gasteiger partial charge on any atom is 0.236 e. The molecule has 0 aliphatic rings. The van der Waals surface area contributed by atoms with Gasteiger partial charge < -0.3 is 9.52 Å². The third kappa shape index (κ3) is 2.30. The standard InChI is InChI=1S/C10H10BrNO2S/c1-6(4-13)7-5-14-10(12-7)8-2-3-9(11)15-8/h2-3,5-6,13H,4H2,1H3. The van der Waals surface area contributed by atoms with Crippen LogP contribution in [0.1, 0.15) is 18.5 Å². The van der Waals surface area contributed by atoms with Crippen molar-refractivity contribution < 1.29 is 9.52 Å². The fourth-order valence-electron chi connectivity index (χ4n) is 1.15. The molecule has 0 saturated heterocycles. The zero-order valence-electron chi connectivity index (χ0n) is 8.11. The third-order valence-electron chi connectivity index (χ3n) is 2.08. The number of aliphatic hydroxyl groups excluding tert-OH is 1. The molecule has 0 aromatic carbocycles. The molecule has 0 fully saturated rings. The van der Waals surface area contributed by atoms with E-state index in [-0.39, 0.29) is 12.5 Å². The number of halogens is 1. The van der Waals surface area contributed by atoms with E-state index >= 15 is 0 Å². The lowest BCUT2D eigenvalue weighted by atomic mass is 10.1. The summed E-state index contributed by atoms with van der Waals surface area (Å²) >= 11 is 4.96. The number of aromatic nitrogens is 1. The Morgan fingerprint density at radius 3 is 3.00 bits per heavy atom. The summed E-state index contributed by atoms with van der Waals surface area (Å²) in [6, 6.07) is 3.91. The van der Waals surface area contributed by atoms with Crippen molar-refractivity contribution in [2.24, 2.45) is 0 Å². The molecule has 0 aliphatic heterocycles. The Morgan fingerprint density at radius 1 is 1.60 bits per heavy atom. The zero-order chi connectivity index (χ0) is 10.8. The normalized spacial score (nSPS) is 13.0.